The molecule has 3 nitrogen and oxygen atoms in total. The fourth-order valence-corrected chi connectivity index (χ4v) is 5.29. The van der Waals surface area contributed by atoms with Crippen molar-refractivity contribution >= 4 is 38.1 Å². The number of aromatic nitrogens is 1. The molecule has 0 aliphatic rings. The summed E-state index contributed by atoms with van der Waals surface area (Å²) >= 11 is 0. The molecule has 0 unspecified atom stereocenters. The van der Waals surface area contributed by atoms with Crippen molar-refractivity contribution in [2.24, 2.45) is 10.8 Å². The molecular formula is C41H48IrNO2-. The van der Waals surface area contributed by atoms with Crippen LogP contribution in [0.3, 0.4) is 0 Å². The molecule has 4 aromatic carbocycles. The average Bonchev–Trinajstić information content (AvgIpc) is 2.99. The molecule has 0 atom stereocenters. The molecule has 45 heavy (non-hydrogen) atoms. The zero-order valence-electron chi connectivity index (χ0n) is 28.6. The Bertz CT molecular complexity index is 1840. The number of pyridine rings is 1. The Labute approximate surface area is 283 Å². The summed E-state index contributed by atoms with van der Waals surface area (Å²) in [6.07, 6.45) is 4.90. The van der Waals surface area contributed by atoms with E-state index in [0.717, 1.165) is 29.7 Å². The van der Waals surface area contributed by atoms with Crippen molar-refractivity contribution in [1.82, 2.24) is 4.98 Å². The first kappa shape index (κ1) is 36.1. The van der Waals surface area contributed by atoms with Gasteiger partial charge in [0.25, 0.3) is 0 Å². The molecule has 0 saturated carbocycles. The molecule has 1 radical (unpaired) electrons. The van der Waals surface area contributed by atoms with Gasteiger partial charge in [-0.15, -0.1) is 34.9 Å². The standard InChI is InChI=1S/C28H24N.C13H24O2.Ir/c1-17(2)22-6-5-20-7-10-25-24(26(20)16-22)9-8-21-11-12-29-28(27(21)25)23-14-18(3)13-19(4)15-23;1-7-12(3,4)10(14)9-11(15)13(5,6)8-2;/h5-14,16-17H,1-4H3;9,14H,7-8H2,1-6H3;/q-1;;/b;10-9-;. The molecule has 239 valence electrons. The molecule has 0 saturated heterocycles. The number of aryl methyl sites for hydroxylation is 2. The fourth-order valence-electron chi connectivity index (χ4n) is 5.29. The van der Waals surface area contributed by atoms with Crippen LogP contribution in [0.25, 0.3) is 43.6 Å². The maximum absolute atomic E-state index is 11.8. The van der Waals surface area contributed by atoms with E-state index in [4.69, 9.17) is 4.98 Å². The van der Waals surface area contributed by atoms with Crippen LogP contribution in [-0.2, 0) is 24.9 Å². The van der Waals surface area contributed by atoms with Gasteiger partial charge in [0.15, 0.2) is 5.78 Å². The predicted octanol–water partition coefficient (Wildman–Crippen LogP) is 11.6. The largest absolute Gasteiger partial charge is 0.512 e. The first-order valence-corrected chi connectivity index (χ1v) is 15.9. The fraction of sp³-hybridized carbons (Fsp3) is 0.366. The van der Waals surface area contributed by atoms with E-state index in [1.165, 1.54) is 49.5 Å². The molecule has 1 aromatic heterocycles. The Hall–Kier alpha value is -3.33. The zero-order valence-corrected chi connectivity index (χ0v) is 31.0. The molecule has 4 heteroatoms. The summed E-state index contributed by atoms with van der Waals surface area (Å²) in [4.78, 5) is 16.6. The number of benzene rings is 4. The summed E-state index contributed by atoms with van der Waals surface area (Å²) < 4.78 is 0. The van der Waals surface area contributed by atoms with Crippen LogP contribution in [0.5, 0.6) is 0 Å². The van der Waals surface area contributed by atoms with E-state index in [-0.39, 0.29) is 42.5 Å². The van der Waals surface area contributed by atoms with Crippen molar-refractivity contribution in [3.63, 3.8) is 0 Å². The van der Waals surface area contributed by atoms with Crippen molar-refractivity contribution in [1.29, 1.82) is 0 Å². The number of ketones is 1. The van der Waals surface area contributed by atoms with Crippen LogP contribution in [0.2, 0.25) is 0 Å². The van der Waals surface area contributed by atoms with Gasteiger partial charge in [0.1, 0.15) is 5.76 Å². The molecule has 0 bridgehead atoms. The van der Waals surface area contributed by atoms with Crippen molar-refractivity contribution in [3.8, 4) is 11.3 Å². The third-order valence-corrected chi connectivity index (χ3v) is 9.24. The Balaban J connectivity index is 0.000000297. The maximum Gasteiger partial charge on any atom is 0.164 e. The summed E-state index contributed by atoms with van der Waals surface area (Å²) in [5.41, 5.74) is 5.15. The van der Waals surface area contributed by atoms with Crippen LogP contribution >= 0.6 is 0 Å². The molecule has 5 aromatic rings. The van der Waals surface area contributed by atoms with Crippen LogP contribution in [0, 0.1) is 30.7 Å². The average molecular weight is 779 g/mol. The number of aliphatic hydroxyl groups excluding tert-OH is 1. The summed E-state index contributed by atoms with van der Waals surface area (Å²) in [6, 6.07) is 25.8. The molecule has 5 rings (SSSR count). The molecule has 0 amide bonds. The number of hydrogen-bond donors (Lipinski definition) is 1. The first-order valence-electron chi connectivity index (χ1n) is 15.9. The molecule has 0 fully saturated rings. The predicted molar refractivity (Wildman–Crippen MR) is 188 cm³/mol. The number of fused-ring (bicyclic) bond motifs is 5. The third kappa shape index (κ3) is 7.91. The second-order valence-electron chi connectivity index (χ2n) is 13.7. The van der Waals surface area contributed by atoms with Crippen LogP contribution in [0.4, 0.5) is 0 Å². The Morgan fingerprint density at radius 2 is 1.47 bits per heavy atom. The minimum absolute atomic E-state index is 0. The van der Waals surface area contributed by atoms with E-state index >= 15 is 0 Å². The normalized spacial score (nSPS) is 12.3. The minimum Gasteiger partial charge on any atom is -0.512 e. The zero-order chi connectivity index (χ0) is 32.4. The van der Waals surface area contributed by atoms with Gasteiger partial charge in [-0.25, -0.2) is 0 Å². The second-order valence-corrected chi connectivity index (χ2v) is 13.7. The van der Waals surface area contributed by atoms with Crippen LogP contribution in [0.1, 0.15) is 90.8 Å². The number of carbonyl (C=O) groups is 1. The van der Waals surface area contributed by atoms with Gasteiger partial charge in [-0.05, 0) is 68.4 Å². The van der Waals surface area contributed by atoms with E-state index in [0.29, 0.717) is 5.92 Å². The van der Waals surface area contributed by atoms with Gasteiger partial charge in [-0.3, -0.25) is 4.79 Å². The van der Waals surface area contributed by atoms with Crippen molar-refractivity contribution in [3.05, 3.63) is 101 Å². The van der Waals surface area contributed by atoms with Gasteiger partial charge in [0.2, 0.25) is 0 Å². The van der Waals surface area contributed by atoms with Crippen molar-refractivity contribution < 1.29 is 30.0 Å². The summed E-state index contributed by atoms with van der Waals surface area (Å²) in [5.74, 6) is 0.706. The van der Waals surface area contributed by atoms with Gasteiger partial charge in [-0.1, -0.05) is 112 Å². The Kier molecular flexibility index (Phi) is 11.6. The first-order chi connectivity index (χ1) is 20.7. The molecule has 1 N–H and O–H groups in total. The summed E-state index contributed by atoms with van der Waals surface area (Å²) in [7, 11) is 0. The number of carbonyl (C=O) groups excluding carboxylic acids is 1. The molecule has 0 aliphatic carbocycles. The molecular weight excluding hydrogens is 731 g/mol. The second kappa shape index (κ2) is 14.4. The smallest absolute Gasteiger partial charge is 0.164 e. The van der Waals surface area contributed by atoms with Gasteiger partial charge in [0.05, 0.1) is 0 Å². The van der Waals surface area contributed by atoms with E-state index in [2.05, 4.69) is 94.4 Å². The SMILES string of the molecule is CCC(C)(C)C(=O)/C=C(\O)C(C)(C)CC.Cc1[c-]c(-c2nccc3ccc4c5cc(C(C)C)ccc5ccc4c23)cc(C)c1.[Ir]. The molecule has 0 spiro atoms. The van der Waals surface area contributed by atoms with Crippen LogP contribution in [0.15, 0.2) is 78.7 Å². The number of allylic oxidation sites excluding steroid dienone is 2. The monoisotopic (exact) mass is 779 g/mol. The van der Waals surface area contributed by atoms with Gasteiger partial charge in [-0.2, -0.15) is 0 Å². The van der Waals surface area contributed by atoms with E-state index < -0.39 is 0 Å². The maximum atomic E-state index is 11.8. The Morgan fingerprint density at radius 1 is 0.844 bits per heavy atom. The number of aliphatic hydroxyl groups is 1. The molecule has 1 heterocycles. The number of hydrogen-bond acceptors (Lipinski definition) is 3. The molecule has 0 aliphatic heterocycles. The van der Waals surface area contributed by atoms with Gasteiger partial charge >= 0.3 is 0 Å². The minimum atomic E-state index is -0.377. The third-order valence-electron chi connectivity index (χ3n) is 9.24. The van der Waals surface area contributed by atoms with E-state index in [1.54, 1.807) is 0 Å². The van der Waals surface area contributed by atoms with Crippen LogP contribution < -0.4 is 0 Å². The van der Waals surface area contributed by atoms with Crippen molar-refractivity contribution in [2.75, 3.05) is 0 Å². The summed E-state index contributed by atoms with van der Waals surface area (Å²) in [5, 5.41) is 17.4. The van der Waals surface area contributed by atoms with E-state index in [1.807, 2.05) is 47.7 Å². The Morgan fingerprint density at radius 3 is 2.09 bits per heavy atom. The quantitative estimate of drug-likeness (QED) is 0.0775. The van der Waals surface area contributed by atoms with Gasteiger partial charge < -0.3 is 10.1 Å². The topological polar surface area (TPSA) is 50.2 Å². The van der Waals surface area contributed by atoms with Crippen molar-refractivity contribution in [2.45, 2.75) is 88.0 Å². The number of rotatable bonds is 7. The van der Waals surface area contributed by atoms with Crippen LogP contribution in [-0.4, -0.2) is 15.9 Å². The summed E-state index contributed by atoms with van der Waals surface area (Å²) in [6.45, 7) is 20.4. The van der Waals surface area contributed by atoms with E-state index in [9.17, 15) is 9.90 Å². The van der Waals surface area contributed by atoms with Gasteiger partial charge in [0, 0.05) is 43.2 Å². The number of nitrogens with zero attached hydrogens (tertiary/aromatic N) is 1.